The molecular formula is C33H44N8O4. The highest BCUT2D eigenvalue weighted by Crippen LogP contribution is 2.37. The predicted molar refractivity (Wildman–Crippen MR) is 173 cm³/mol. The number of piperazine rings is 1. The van der Waals surface area contributed by atoms with Gasteiger partial charge < -0.3 is 19.8 Å². The minimum absolute atomic E-state index is 0.208. The van der Waals surface area contributed by atoms with Gasteiger partial charge in [0.25, 0.3) is 0 Å². The van der Waals surface area contributed by atoms with E-state index in [0.717, 1.165) is 49.9 Å². The summed E-state index contributed by atoms with van der Waals surface area (Å²) in [5.41, 5.74) is 7.15. The summed E-state index contributed by atoms with van der Waals surface area (Å²) >= 11 is 0. The number of aromatic nitrogens is 5. The summed E-state index contributed by atoms with van der Waals surface area (Å²) in [6.07, 6.45) is 10.2. The molecular weight excluding hydrogens is 572 g/mol. The lowest BCUT2D eigenvalue weighted by Gasteiger charge is -2.34. The van der Waals surface area contributed by atoms with Gasteiger partial charge in [-0.25, -0.2) is 19.5 Å². The number of methoxy groups -OCH3 is 1. The fraction of sp³-hybridized carbons (Fsp3) is 0.485. The van der Waals surface area contributed by atoms with Crippen LogP contribution in [0.4, 0.5) is 11.9 Å². The number of rotatable bonds is 11. The van der Waals surface area contributed by atoms with Crippen molar-refractivity contribution in [3.63, 3.8) is 0 Å². The Morgan fingerprint density at radius 3 is 2.44 bits per heavy atom. The number of hydrogen-bond acceptors (Lipinski definition) is 11. The standard InChI is InChI=1S/C31H40N8O.C2H4O3/c1-23-12-13-33-31(35-23)38-17-15-37(16-18-38)22-24-8-10-25(11-9-24)27-20-28(26-6-4-3-5-7-26)39-29(27)21-34-30(36-39)32-14-19-40-2;1-4-5-2-3/h8-13,20-21,26H,3-7,14-19,22H2,1-2H3,(H,32,36);2H,1H3. The molecule has 4 aromatic rings. The lowest BCUT2D eigenvalue weighted by atomic mass is 9.87. The monoisotopic (exact) mass is 616 g/mol. The van der Waals surface area contributed by atoms with Crippen LogP contribution in [0.3, 0.4) is 0 Å². The van der Waals surface area contributed by atoms with Crippen molar-refractivity contribution < 1.29 is 19.3 Å². The Morgan fingerprint density at radius 2 is 1.78 bits per heavy atom. The molecule has 240 valence electrons. The second-order valence-electron chi connectivity index (χ2n) is 11.4. The second kappa shape index (κ2) is 16.3. The molecule has 12 nitrogen and oxygen atoms in total. The summed E-state index contributed by atoms with van der Waals surface area (Å²) in [5, 5.41) is 8.21. The summed E-state index contributed by atoms with van der Waals surface area (Å²) in [6.45, 7) is 8.40. The average molecular weight is 617 g/mol. The molecule has 6 rings (SSSR count). The summed E-state index contributed by atoms with van der Waals surface area (Å²) in [6, 6.07) is 13.4. The van der Waals surface area contributed by atoms with E-state index < -0.39 is 0 Å². The number of fused-ring (bicyclic) bond motifs is 1. The SMILES string of the molecule is COCCNc1ncc2c(-c3ccc(CN4CCN(c5nccc(C)n5)CC4)cc3)cc(C3CCCCC3)n2n1.COOC=O. The van der Waals surface area contributed by atoms with Crippen molar-refractivity contribution in [3.05, 3.63) is 65.7 Å². The number of carbonyl (C=O) groups excluding carboxylic acids is 1. The minimum atomic E-state index is 0.208. The number of nitrogens with one attached hydrogen (secondary N) is 1. The van der Waals surface area contributed by atoms with E-state index in [2.05, 4.69) is 74.7 Å². The molecule has 1 saturated heterocycles. The largest absolute Gasteiger partial charge is 0.383 e. The van der Waals surface area contributed by atoms with Gasteiger partial charge in [0.05, 0.1) is 25.4 Å². The summed E-state index contributed by atoms with van der Waals surface area (Å²) in [4.78, 5) is 35.0. The number of carbonyl (C=O) groups is 1. The first-order chi connectivity index (χ1) is 22.1. The Balaban J connectivity index is 0.000000743. The molecule has 45 heavy (non-hydrogen) atoms. The molecule has 0 bridgehead atoms. The molecule has 1 N–H and O–H groups in total. The van der Waals surface area contributed by atoms with Crippen LogP contribution in [0.2, 0.25) is 0 Å². The highest BCUT2D eigenvalue weighted by atomic mass is 17.2. The van der Waals surface area contributed by atoms with Crippen LogP contribution in [0, 0.1) is 6.92 Å². The number of anilines is 2. The highest BCUT2D eigenvalue weighted by Gasteiger charge is 2.23. The van der Waals surface area contributed by atoms with Crippen LogP contribution in [0.25, 0.3) is 16.6 Å². The van der Waals surface area contributed by atoms with Crippen LogP contribution in [-0.2, 0) is 25.9 Å². The van der Waals surface area contributed by atoms with Gasteiger partial charge in [-0.3, -0.25) is 9.69 Å². The number of ether oxygens (including phenoxy) is 1. The zero-order valence-electron chi connectivity index (χ0n) is 26.5. The summed E-state index contributed by atoms with van der Waals surface area (Å²) in [5.74, 6) is 2.03. The van der Waals surface area contributed by atoms with E-state index in [9.17, 15) is 0 Å². The van der Waals surface area contributed by atoms with E-state index in [4.69, 9.17) is 14.6 Å². The Bertz CT molecular complexity index is 1500. The van der Waals surface area contributed by atoms with Crippen molar-refractivity contribution >= 4 is 23.9 Å². The van der Waals surface area contributed by atoms with Gasteiger partial charge in [-0.15, -0.1) is 5.10 Å². The summed E-state index contributed by atoms with van der Waals surface area (Å²) in [7, 11) is 2.97. The maximum atomic E-state index is 9.06. The van der Waals surface area contributed by atoms with Crippen molar-refractivity contribution in [2.24, 2.45) is 0 Å². The lowest BCUT2D eigenvalue weighted by Crippen LogP contribution is -2.46. The van der Waals surface area contributed by atoms with E-state index in [1.807, 2.05) is 25.4 Å². The predicted octanol–water partition coefficient (Wildman–Crippen LogP) is 4.64. The van der Waals surface area contributed by atoms with Gasteiger partial charge in [0.1, 0.15) is 0 Å². The molecule has 0 atom stereocenters. The molecule has 1 aliphatic carbocycles. The third-order valence-corrected chi connectivity index (χ3v) is 8.40. The van der Waals surface area contributed by atoms with E-state index in [-0.39, 0.29) is 6.47 Å². The molecule has 0 spiro atoms. The Hall–Kier alpha value is -4.13. The Labute approximate surface area is 264 Å². The van der Waals surface area contributed by atoms with Crippen molar-refractivity contribution in [1.29, 1.82) is 0 Å². The zero-order valence-corrected chi connectivity index (χ0v) is 26.5. The van der Waals surface area contributed by atoms with Crippen molar-refractivity contribution in [2.45, 2.75) is 51.5 Å². The topological polar surface area (TPSA) is 119 Å². The maximum absolute atomic E-state index is 9.06. The number of nitrogens with zero attached hydrogens (tertiary/aromatic N) is 7. The summed E-state index contributed by atoms with van der Waals surface area (Å²) < 4.78 is 7.32. The van der Waals surface area contributed by atoms with Crippen LogP contribution in [-0.4, -0.2) is 89.5 Å². The van der Waals surface area contributed by atoms with E-state index in [1.54, 1.807) is 7.11 Å². The fourth-order valence-electron chi connectivity index (χ4n) is 6.06. The van der Waals surface area contributed by atoms with Crippen LogP contribution in [0.15, 0.2) is 48.8 Å². The van der Waals surface area contributed by atoms with E-state index in [0.29, 0.717) is 25.0 Å². The maximum Gasteiger partial charge on any atom is 0.330 e. The second-order valence-corrected chi connectivity index (χ2v) is 11.4. The highest BCUT2D eigenvalue weighted by molar-refractivity contribution is 5.81. The number of aryl methyl sites for hydroxylation is 1. The lowest BCUT2D eigenvalue weighted by molar-refractivity contribution is -0.240. The molecule has 3 aromatic heterocycles. The number of hydrogen-bond donors (Lipinski definition) is 1. The molecule has 0 radical (unpaired) electrons. The van der Waals surface area contributed by atoms with Gasteiger partial charge in [0.15, 0.2) is 0 Å². The average Bonchev–Trinajstić information content (AvgIpc) is 3.46. The molecule has 0 amide bonds. The quantitative estimate of drug-likeness (QED) is 0.110. The van der Waals surface area contributed by atoms with Gasteiger partial charge in [0, 0.05) is 75.4 Å². The molecule has 2 fully saturated rings. The Kier molecular flexibility index (Phi) is 11.7. The van der Waals surface area contributed by atoms with Crippen molar-refractivity contribution in [3.8, 4) is 11.1 Å². The zero-order chi connectivity index (χ0) is 31.4. The first-order valence-electron chi connectivity index (χ1n) is 15.7. The molecule has 4 heterocycles. The normalized spacial score (nSPS) is 15.8. The van der Waals surface area contributed by atoms with Gasteiger partial charge >= 0.3 is 6.47 Å². The van der Waals surface area contributed by atoms with Gasteiger partial charge in [0.2, 0.25) is 11.9 Å². The molecule has 1 saturated carbocycles. The van der Waals surface area contributed by atoms with Gasteiger partial charge in [-0.05, 0) is 43.0 Å². The van der Waals surface area contributed by atoms with E-state index in [1.165, 1.54) is 61.6 Å². The van der Waals surface area contributed by atoms with Crippen LogP contribution in [0.1, 0.15) is 55.0 Å². The van der Waals surface area contributed by atoms with Crippen molar-refractivity contribution in [1.82, 2.24) is 29.5 Å². The molecule has 12 heteroatoms. The Morgan fingerprint density at radius 1 is 1.00 bits per heavy atom. The van der Waals surface area contributed by atoms with Crippen LogP contribution < -0.4 is 10.2 Å². The fourth-order valence-corrected chi connectivity index (χ4v) is 6.06. The third-order valence-electron chi connectivity index (χ3n) is 8.40. The van der Waals surface area contributed by atoms with Crippen LogP contribution >= 0.6 is 0 Å². The first-order valence-corrected chi connectivity index (χ1v) is 15.7. The smallest absolute Gasteiger partial charge is 0.330 e. The molecule has 2 aliphatic rings. The molecule has 1 aliphatic heterocycles. The van der Waals surface area contributed by atoms with Gasteiger partial charge in [-0.2, -0.15) is 4.89 Å². The minimum Gasteiger partial charge on any atom is -0.383 e. The first kappa shape index (κ1) is 32.3. The molecule has 1 aromatic carbocycles. The number of benzene rings is 1. The van der Waals surface area contributed by atoms with Gasteiger partial charge in [-0.1, -0.05) is 43.5 Å². The van der Waals surface area contributed by atoms with Crippen LogP contribution in [0.5, 0.6) is 0 Å². The third kappa shape index (κ3) is 8.53. The molecule has 0 unspecified atom stereocenters. The van der Waals surface area contributed by atoms with E-state index >= 15 is 0 Å². The van der Waals surface area contributed by atoms with Crippen molar-refractivity contribution in [2.75, 3.05) is 63.8 Å².